The van der Waals surface area contributed by atoms with E-state index in [0.29, 0.717) is 6.61 Å². The Morgan fingerprint density at radius 2 is 2.03 bits per heavy atom. The van der Waals surface area contributed by atoms with E-state index in [9.17, 15) is 4.79 Å². The van der Waals surface area contributed by atoms with Crippen LogP contribution in [0.25, 0.3) is 33.3 Å². The van der Waals surface area contributed by atoms with Crippen LogP contribution in [0.4, 0.5) is 5.69 Å². The van der Waals surface area contributed by atoms with Crippen LogP contribution in [0.1, 0.15) is 12.6 Å². The molecule has 0 bridgehead atoms. The number of carbonyl (C=O) groups excluding carboxylic acids is 1. The molecule has 0 spiro atoms. The summed E-state index contributed by atoms with van der Waals surface area (Å²) in [6, 6.07) is 14.0. The maximum absolute atomic E-state index is 12.1. The Hall–Kier alpha value is -3.77. The number of pyridine rings is 2. The number of anilines is 1. The molecule has 1 amide bonds. The van der Waals surface area contributed by atoms with E-state index in [-0.39, 0.29) is 5.91 Å². The van der Waals surface area contributed by atoms with E-state index in [2.05, 4.69) is 39.3 Å². The van der Waals surface area contributed by atoms with E-state index in [1.165, 1.54) is 6.08 Å². The molecule has 0 atom stereocenters. The van der Waals surface area contributed by atoms with Gasteiger partial charge in [0.15, 0.2) is 0 Å². The second kappa shape index (κ2) is 9.36. The molecular weight excluding hydrogens is 388 g/mol. The van der Waals surface area contributed by atoms with Crippen LogP contribution in [0.5, 0.6) is 0 Å². The third kappa shape index (κ3) is 4.70. The van der Waals surface area contributed by atoms with E-state index >= 15 is 0 Å². The fourth-order valence-corrected chi connectivity index (χ4v) is 3.45. The lowest BCUT2D eigenvalue weighted by Gasteiger charge is -2.07. The van der Waals surface area contributed by atoms with Gasteiger partial charge in [0.25, 0.3) is 0 Å². The number of H-pyrrole nitrogens is 1. The number of carbonyl (C=O) groups is 1. The molecule has 3 aromatic heterocycles. The molecule has 0 aliphatic rings. The predicted molar refractivity (Wildman–Crippen MR) is 124 cm³/mol. The van der Waals surface area contributed by atoms with Gasteiger partial charge in [-0.2, -0.15) is 0 Å². The molecule has 4 aromatic rings. The maximum atomic E-state index is 12.1. The number of aryl methyl sites for hydroxylation is 1. The summed E-state index contributed by atoms with van der Waals surface area (Å²) in [5.74, 6) is -0.194. The molecule has 3 heterocycles. The summed E-state index contributed by atoms with van der Waals surface area (Å²) in [6.07, 6.45) is 9.70. The van der Waals surface area contributed by atoms with Gasteiger partial charge in [0, 0.05) is 59.7 Å². The number of amides is 1. The molecule has 1 aromatic carbocycles. The van der Waals surface area contributed by atoms with Crippen molar-refractivity contribution >= 4 is 22.6 Å². The molecule has 0 aliphatic carbocycles. The highest BCUT2D eigenvalue weighted by molar-refractivity contribution is 6.00. The molecule has 6 heteroatoms. The molecule has 6 nitrogen and oxygen atoms in total. The molecule has 2 N–H and O–H groups in total. The van der Waals surface area contributed by atoms with Crippen LogP contribution in [-0.4, -0.2) is 34.6 Å². The summed E-state index contributed by atoms with van der Waals surface area (Å²) in [5.41, 5.74) is 6.77. The van der Waals surface area contributed by atoms with Gasteiger partial charge in [-0.1, -0.05) is 25.1 Å². The van der Waals surface area contributed by atoms with Crippen molar-refractivity contribution in [1.29, 1.82) is 0 Å². The molecule has 156 valence electrons. The highest BCUT2D eigenvalue weighted by Gasteiger charge is 2.10. The van der Waals surface area contributed by atoms with Gasteiger partial charge in [-0.3, -0.25) is 9.78 Å². The van der Waals surface area contributed by atoms with Crippen LogP contribution < -0.4 is 5.32 Å². The number of fused-ring (bicyclic) bond motifs is 1. The Morgan fingerprint density at radius 1 is 1.13 bits per heavy atom. The summed E-state index contributed by atoms with van der Waals surface area (Å²) in [4.78, 5) is 24.3. The number of aromatic amines is 1. The summed E-state index contributed by atoms with van der Waals surface area (Å²) < 4.78 is 4.92. The second-order valence-corrected chi connectivity index (χ2v) is 7.14. The molecule has 31 heavy (non-hydrogen) atoms. The molecule has 4 rings (SSSR count). The molecule has 0 unspecified atom stereocenters. The van der Waals surface area contributed by atoms with Crippen molar-refractivity contribution in [3.05, 3.63) is 78.9 Å². The van der Waals surface area contributed by atoms with Gasteiger partial charge in [0.05, 0.1) is 6.61 Å². The summed E-state index contributed by atoms with van der Waals surface area (Å²) >= 11 is 0. The Bertz CT molecular complexity index is 1240. The number of methoxy groups -OCH3 is 1. The first-order valence-corrected chi connectivity index (χ1v) is 10.2. The third-order valence-corrected chi connectivity index (χ3v) is 5.02. The van der Waals surface area contributed by atoms with Gasteiger partial charge in [-0.25, -0.2) is 4.98 Å². The molecular formula is C25H24N4O2. The highest BCUT2D eigenvalue weighted by atomic mass is 16.5. The predicted octanol–water partition coefficient (Wildman–Crippen LogP) is 5.00. The second-order valence-electron chi connectivity index (χ2n) is 7.14. The lowest BCUT2D eigenvalue weighted by molar-refractivity contribution is -0.111. The van der Waals surface area contributed by atoms with Crippen LogP contribution in [-0.2, 0) is 16.0 Å². The Balaban J connectivity index is 1.65. The van der Waals surface area contributed by atoms with Crippen molar-refractivity contribution in [2.75, 3.05) is 19.0 Å². The SMILES string of the molecule is CCc1cc(-c2c[nH]c3ncc(-c4cccc(NC(=O)/C=C/COC)c4)cc23)ccn1. The zero-order chi connectivity index (χ0) is 21.6. The Labute approximate surface area is 181 Å². The molecule has 0 aliphatic heterocycles. The van der Waals surface area contributed by atoms with Gasteiger partial charge >= 0.3 is 0 Å². The van der Waals surface area contributed by atoms with Gasteiger partial charge in [0.1, 0.15) is 5.65 Å². The largest absolute Gasteiger partial charge is 0.381 e. The van der Waals surface area contributed by atoms with Gasteiger partial charge < -0.3 is 15.0 Å². The average Bonchev–Trinajstić information content (AvgIpc) is 3.23. The summed E-state index contributed by atoms with van der Waals surface area (Å²) in [7, 11) is 1.59. The van der Waals surface area contributed by atoms with Gasteiger partial charge in [-0.05, 0) is 47.9 Å². The first-order valence-electron chi connectivity index (χ1n) is 10.2. The molecule has 0 radical (unpaired) electrons. The zero-order valence-corrected chi connectivity index (χ0v) is 17.6. The number of aromatic nitrogens is 3. The maximum Gasteiger partial charge on any atom is 0.248 e. The quantitative estimate of drug-likeness (QED) is 0.419. The standard InChI is InChI=1S/C25H24N4O2/c1-3-20-13-18(9-10-26-20)23-16-28-25-22(23)14-19(15-27-25)17-6-4-7-21(12-17)29-24(30)8-5-11-31-2/h4-10,12-16H,3,11H2,1-2H3,(H,27,28)(H,29,30)/b8-5+. The molecule has 0 saturated carbocycles. The van der Waals surface area contributed by atoms with E-state index < -0.39 is 0 Å². The summed E-state index contributed by atoms with van der Waals surface area (Å²) in [5, 5.41) is 3.92. The van der Waals surface area contributed by atoms with E-state index in [1.807, 2.05) is 48.9 Å². The average molecular weight is 412 g/mol. The molecule has 0 fully saturated rings. The van der Waals surface area contributed by atoms with E-state index in [1.54, 1.807) is 13.2 Å². The van der Waals surface area contributed by atoms with Crippen LogP contribution in [0.15, 0.2) is 73.2 Å². The lowest BCUT2D eigenvalue weighted by atomic mass is 10.0. The van der Waals surface area contributed by atoms with Crippen molar-refractivity contribution in [2.45, 2.75) is 13.3 Å². The van der Waals surface area contributed by atoms with Crippen LogP contribution >= 0.6 is 0 Å². The monoisotopic (exact) mass is 412 g/mol. The fraction of sp³-hybridized carbons (Fsp3) is 0.160. The number of hydrogen-bond acceptors (Lipinski definition) is 4. The Kier molecular flexibility index (Phi) is 6.19. The zero-order valence-electron chi connectivity index (χ0n) is 17.6. The van der Waals surface area contributed by atoms with E-state index in [0.717, 1.165) is 51.1 Å². The van der Waals surface area contributed by atoms with Gasteiger partial charge in [-0.15, -0.1) is 0 Å². The highest BCUT2D eigenvalue weighted by Crippen LogP contribution is 2.31. The van der Waals surface area contributed by atoms with Crippen molar-refractivity contribution in [1.82, 2.24) is 15.0 Å². The minimum Gasteiger partial charge on any atom is -0.381 e. The number of nitrogens with one attached hydrogen (secondary N) is 2. The Morgan fingerprint density at radius 3 is 2.87 bits per heavy atom. The van der Waals surface area contributed by atoms with Crippen molar-refractivity contribution < 1.29 is 9.53 Å². The number of nitrogens with zero attached hydrogens (tertiary/aromatic N) is 2. The normalized spacial score (nSPS) is 11.3. The van der Waals surface area contributed by atoms with Crippen LogP contribution in [0, 0.1) is 0 Å². The smallest absolute Gasteiger partial charge is 0.248 e. The number of hydrogen-bond donors (Lipinski definition) is 2. The minimum absolute atomic E-state index is 0.194. The van der Waals surface area contributed by atoms with Crippen molar-refractivity contribution in [2.24, 2.45) is 0 Å². The minimum atomic E-state index is -0.194. The fourth-order valence-electron chi connectivity index (χ4n) is 3.45. The first kappa shape index (κ1) is 20.5. The van der Waals surface area contributed by atoms with Crippen molar-refractivity contribution in [3.63, 3.8) is 0 Å². The van der Waals surface area contributed by atoms with Crippen LogP contribution in [0.2, 0.25) is 0 Å². The third-order valence-electron chi connectivity index (χ3n) is 5.02. The molecule has 0 saturated heterocycles. The number of benzene rings is 1. The first-order chi connectivity index (χ1) is 15.2. The van der Waals surface area contributed by atoms with Gasteiger partial charge in [0.2, 0.25) is 5.91 Å². The topological polar surface area (TPSA) is 79.9 Å². The number of rotatable bonds is 7. The van der Waals surface area contributed by atoms with Crippen LogP contribution in [0.3, 0.4) is 0 Å². The summed E-state index contributed by atoms with van der Waals surface area (Å²) in [6.45, 7) is 2.50. The van der Waals surface area contributed by atoms with Crippen molar-refractivity contribution in [3.8, 4) is 22.3 Å². The number of ether oxygens (including phenoxy) is 1. The van der Waals surface area contributed by atoms with E-state index in [4.69, 9.17) is 4.74 Å². The lowest BCUT2D eigenvalue weighted by Crippen LogP contribution is -2.08.